The highest BCUT2D eigenvalue weighted by Gasteiger charge is 2.46. The molecule has 1 heterocycles. The summed E-state index contributed by atoms with van der Waals surface area (Å²) in [5.74, 6) is -0.211. The molecular formula is C29H28ClNO6. The number of halogens is 1. The fraction of sp³-hybridized carbons (Fsp3) is 0.241. The number of carbonyl (C=O) groups is 2. The molecule has 1 fully saturated rings. The fourth-order valence-corrected chi connectivity index (χ4v) is 4.89. The average Bonchev–Trinajstić information content (AvgIpc) is 3.16. The van der Waals surface area contributed by atoms with Crippen LogP contribution in [-0.4, -0.2) is 49.6 Å². The Balaban J connectivity index is 1.81. The number of hydrogen-bond donors (Lipinski definition) is 1. The zero-order chi connectivity index (χ0) is 26.7. The van der Waals surface area contributed by atoms with E-state index in [2.05, 4.69) is 0 Å². The van der Waals surface area contributed by atoms with Gasteiger partial charge < -0.3 is 24.2 Å². The SMILES string of the molecule is COc1ccc(CCN2C(=O)C(=O)/C(=C(/O)c3cc(C)cc(Cl)c3OC)C2c2ccc(OC)cc2)cc1. The van der Waals surface area contributed by atoms with Gasteiger partial charge in [-0.2, -0.15) is 0 Å². The topological polar surface area (TPSA) is 85.3 Å². The molecule has 1 aliphatic heterocycles. The molecule has 1 N–H and O–H groups in total. The van der Waals surface area contributed by atoms with Gasteiger partial charge in [0, 0.05) is 6.54 Å². The molecule has 1 unspecified atom stereocenters. The third-order valence-electron chi connectivity index (χ3n) is 6.42. The maximum Gasteiger partial charge on any atom is 0.295 e. The summed E-state index contributed by atoms with van der Waals surface area (Å²) in [6.45, 7) is 2.08. The van der Waals surface area contributed by atoms with E-state index >= 15 is 0 Å². The minimum Gasteiger partial charge on any atom is -0.507 e. The van der Waals surface area contributed by atoms with Crippen LogP contribution in [0.1, 0.15) is 28.3 Å². The van der Waals surface area contributed by atoms with E-state index < -0.39 is 17.7 Å². The summed E-state index contributed by atoms with van der Waals surface area (Å²) in [5.41, 5.74) is 2.63. The smallest absolute Gasteiger partial charge is 0.295 e. The first kappa shape index (κ1) is 26.1. The van der Waals surface area contributed by atoms with Crippen molar-refractivity contribution in [3.05, 3.63) is 93.5 Å². The number of carbonyl (C=O) groups excluding carboxylic acids is 2. The van der Waals surface area contributed by atoms with Crippen molar-refractivity contribution in [1.82, 2.24) is 4.90 Å². The van der Waals surface area contributed by atoms with Gasteiger partial charge in [-0.1, -0.05) is 35.9 Å². The molecule has 1 amide bonds. The molecule has 192 valence electrons. The third kappa shape index (κ3) is 5.13. The summed E-state index contributed by atoms with van der Waals surface area (Å²) >= 11 is 6.36. The van der Waals surface area contributed by atoms with Crippen molar-refractivity contribution in [2.24, 2.45) is 0 Å². The van der Waals surface area contributed by atoms with Crippen LogP contribution in [0.5, 0.6) is 17.2 Å². The second-order valence-electron chi connectivity index (χ2n) is 8.69. The Morgan fingerprint density at radius 3 is 2.08 bits per heavy atom. The number of nitrogens with zero attached hydrogens (tertiary/aromatic N) is 1. The Morgan fingerprint density at radius 2 is 1.51 bits per heavy atom. The summed E-state index contributed by atoms with van der Waals surface area (Å²) in [6, 6.07) is 17.2. The van der Waals surface area contributed by atoms with Crippen molar-refractivity contribution in [1.29, 1.82) is 0 Å². The van der Waals surface area contributed by atoms with Gasteiger partial charge in [-0.15, -0.1) is 0 Å². The van der Waals surface area contributed by atoms with Crippen LogP contribution in [0.15, 0.2) is 66.2 Å². The summed E-state index contributed by atoms with van der Waals surface area (Å²) in [4.78, 5) is 28.2. The van der Waals surface area contributed by atoms with Crippen molar-refractivity contribution in [3.63, 3.8) is 0 Å². The summed E-state index contributed by atoms with van der Waals surface area (Å²) < 4.78 is 15.9. The number of Topliss-reactive ketones (excluding diaryl/α,β-unsaturated/α-hetero) is 1. The van der Waals surface area contributed by atoms with E-state index in [1.165, 1.54) is 12.0 Å². The van der Waals surface area contributed by atoms with Crippen LogP contribution in [0.25, 0.3) is 5.76 Å². The minimum absolute atomic E-state index is 0.0233. The predicted molar refractivity (Wildman–Crippen MR) is 141 cm³/mol. The Kier molecular flexibility index (Phi) is 7.74. The normalized spacial score (nSPS) is 16.7. The molecule has 3 aromatic carbocycles. The molecule has 37 heavy (non-hydrogen) atoms. The largest absolute Gasteiger partial charge is 0.507 e. The maximum absolute atomic E-state index is 13.4. The minimum atomic E-state index is -0.812. The van der Waals surface area contributed by atoms with E-state index in [0.717, 1.165) is 16.9 Å². The fourth-order valence-electron chi connectivity index (χ4n) is 4.54. The van der Waals surface area contributed by atoms with E-state index in [1.807, 2.05) is 31.2 Å². The van der Waals surface area contributed by atoms with E-state index in [9.17, 15) is 14.7 Å². The van der Waals surface area contributed by atoms with Gasteiger partial charge in [-0.25, -0.2) is 0 Å². The molecule has 0 aliphatic carbocycles. The van der Waals surface area contributed by atoms with Crippen LogP contribution in [0.2, 0.25) is 5.02 Å². The maximum atomic E-state index is 13.4. The number of benzene rings is 3. The Labute approximate surface area is 220 Å². The number of aryl methyl sites for hydroxylation is 1. The Hall–Kier alpha value is -3.97. The van der Waals surface area contributed by atoms with Gasteiger partial charge in [0.2, 0.25) is 0 Å². The van der Waals surface area contributed by atoms with Crippen LogP contribution in [0, 0.1) is 6.92 Å². The standard InChI is InChI=1S/C29H28ClNO6/c1-17-15-22(28(37-4)23(30)16-17)26(32)24-25(19-7-11-21(36-3)12-8-19)31(29(34)27(24)33)14-13-18-5-9-20(35-2)10-6-18/h5-12,15-16,25,32H,13-14H2,1-4H3/b26-24+. The molecule has 0 aromatic heterocycles. The lowest BCUT2D eigenvalue weighted by Gasteiger charge is -2.26. The van der Waals surface area contributed by atoms with Gasteiger partial charge in [0.25, 0.3) is 11.7 Å². The van der Waals surface area contributed by atoms with Gasteiger partial charge in [0.15, 0.2) is 0 Å². The zero-order valence-corrected chi connectivity index (χ0v) is 21.8. The summed E-state index contributed by atoms with van der Waals surface area (Å²) in [7, 11) is 4.59. The number of ketones is 1. The second-order valence-corrected chi connectivity index (χ2v) is 9.10. The quantitative estimate of drug-likeness (QED) is 0.245. The van der Waals surface area contributed by atoms with E-state index in [4.69, 9.17) is 25.8 Å². The van der Waals surface area contributed by atoms with Crippen molar-refractivity contribution in [2.75, 3.05) is 27.9 Å². The molecule has 7 nitrogen and oxygen atoms in total. The van der Waals surface area contributed by atoms with Gasteiger partial charge >= 0.3 is 0 Å². The first-order chi connectivity index (χ1) is 17.8. The highest BCUT2D eigenvalue weighted by atomic mass is 35.5. The van der Waals surface area contributed by atoms with Crippen LogP contribution >= 0.6 is 11.6 Å². The van der Waals surface area contributed by atoms with E-state index in [-0.39, 0.29) is 29.2 Å². The number of methoxy groups -OCH3 is 3. The first-order valence-electron chi connectivity index (χ1n) is 11.7. The van der Waals surface area contributed by atoms with Gasteiger partial charge in [-0.3, -0.25) is 9.59 Å². The second kappa shape index (κ2) is 11.0. The highest BCUT2D eigenvalue weighted by Crippen LogP contribution is 2.43. The highest BCUT2D eigenvalue weighted by molar-refractivity contribution is 6.46. The zero-order valence-electron chi connectivity index (χ0n) is 21.1. The van der Waals surface area contributed by atoms with E-state index in [0.29, 0.717) is 22.8 Å². The number of likely N-dealkylation sites (tertiary alicyclic amines) is 1. The summed E-state index contributed by atoms with van der Waals surface area (Å²) in [5, 5.41) is 11.8. The molecular weight excluding hydrogens is 494 g/mol. The number of rotatable bonds is 8. The van der Waals surface area contributed by atoms with Crippen LogP contribution in [0.3, 0.4) is 0 Å². The van der Waals surface area contributed by atoms with Gasteiger partial charge in [0.1, 0.15) is 23.0 Å². The molecule has 4 rings (SSSR count). The van der Waals surface area contributed by atoms with Crippen molar-refractivity contribution in [3.8, 4) is 17.2 Å². The van der Waals surface area contributed by atoms with Crippen LogP contribution in [-0.2, 0) is 16.0 Å². The monoisotopic (exact) mass is 521 g/mol. The van der Waals surface area contributed by atoms with E-state index in [1.54, 1.807) is 50.6 Å². The Morgan fingerprint density at radius 1 is 0.919 bits per heavy atom. The number of aliphatic hydroxyl groups excluding tert-OH is 1. The molecule has 0 spiro atoms. The molecule has 0 radical (unpaired) electrons. The van der Waals surface area contributed by atoms with Crippen LogP contribution < -0.4 is 14.2 Å². The van der Waals surface area contributed by atoms with Crippen molar-refractivity contribution >= 4 is 29.1 Å². The van der Waals surface area contributed by atoms with Crippen LogP contribution in [0.4, 0.5) is 0 Å². The molecule has 1 aliphatic rings. The molecule has 8 heteroatoms. The first-order valence-corrected chi connectivity index (χ1v) is 12.1. The molecule has 1 saturated heterocycles. The number of aliphatic hydroxyl groups is 1. The third-order valence-corrected chi connectivity index (χ3v) is 6.70. The Bertz CT molecular complexity index is 1350. The van der Waals surface area contributed by atoms with Crippen molar-refractivity contribution < 1.29 is 28.9 Å². The lowest BCUT2D eigenvalue weighted by molar-refractivity contribution is -0.139. The lowest BCUT2D eigenvalue weighted by Crippen LogP contribution is -2.31. The average molecular weight is 522 g/mol. The number of amides is 1. The van der Waals surface area contributed by atoms with Gasteiger partial charge in [0.05, 0.1) is 43.5 Å². The van der Waals surface area contributed by atoms with Crippen molar-refractivity contribution in [2.45, 2.75) is 19.4 Å². The molecule has 0 saturated carbocycles. The molecule has 3 aromatic rings. The number of ether oxygens (including phenoxy) is 3. The lowest BCUT2D eigenvalue weighted by atomic mass is 9.94. The summed E-state index contributed by atoms with van der Waals surface area (Å²) in [6.07, 6.45) is 0.503. The molecule has 0 bridgehead atoms. The predicted octanol–water partition coefficient (Wildman–Crippen LogP) is 5.34. The molecule has 1 atom stereocenters. The number of hydrogen-bond acceptors (Lipinski definition) is 6. The van der Waals surface area contributed by atoms with Gasteiger partial charge in [-0.05, 0) is 66.4 Å².